The molecule has 15 heteroatoms. The lowest BCUT2D eigenvalue weighted by atomic mass is 9.78. The Kier molecular flexibility index (Phi) is 19.2. The summed E-state index contributed by atoms with van der Waals surface area (Å²) in [5, 5.41) is 33.7. The minimum Gasteiger partial charge on any atom is -0.507 e. The molecule has 0 aliphatic heterocycles. The summed E-state index contributed by atoms with van der Waals surface area (Å²) in [6, 6.07) is 11.6. The fourth-order valence-electron chi connectivity index (χ4n) is 8.61. The molecule has 0 aliphatic rings. The predicted molar refractivity (Wildman–Crippen MR) is 294 cm³/mol. The highest BCUT2D eigenvalue weighted by Crippen LogP contribution is 2.41. The highest BCUT2D eigenvalue weighted by molar-refractivity contribution is 5.71. The molecule has 3 N–H and O–H groups in total. The molecule has 4 rings (SSSR count). The highest BCUT2D eigenvalue weighted by atomic mass is 16.5. The van der Waals surface area contributed by atoms with Crippen LogP contribution in [0.2, 0.25) is 0 Å². The van der Waals surface area contributed by atoms with Gasteiger partial charge in [-0.25, -0.2) is 28.1 Å². The van der Waals surface area contributed by atoms with Crippen LogP contribution in [0.3, 0.4) is 0 Å². The highest BCUT2D eigenvalue weighted by Gasteiger charge is 2.29. The van der Waals surface area contributed by atoms with E-state index in [2.05, 4.69) is 62.3 Å². The van der Waals surface area contributed by atoms with Gasteiger partial charge in [0.25, 0.3) is 0 Å². The minimum absolute atomic E-state index is 0.105. The Bertz CT molecular complexity index is 2570. The summed E-state index contributed by atoms with van der Waals surface area (Å²) in [7, 11) is 0. The second-order valence-electron chi connectivity index (χ2n) is 26.1. The lowest BCUT2D eigenvalue weighted by molar-refractivity contribution is -0.144. The third-order valence-corrected chi connectivity index (χ3v) is 13.5. The maximum absolute atomic E-state index is 13.9. The monoisotopic (exact) mass is 1040 g/mol. The summed E-state index contributed by atoms with van der Waals surface area (Å²) in [5.41, 5.74) is 2.09. The van der Waals surface area contributed by atoms with Gasteiger partial charge in [-0.05, 0) is 102 Å². The van der Waals surface area contributed by atoms with E-state index in [9.17, 15) is 44.1 Å². The van der Waals surface area contributed by atoms with Crippen LogP contribution in [0.15, 0.2) is 50.8 Å². The first-order valence-electron chi connectivity index (χ1n) is 26.2. The van der Waals surface area contributed by atoms with Crippen molar-refractivity contribution in [2.24, 2.45) is 0 Å². The molecule has 4 aromatic rings. The fraction of sp³-hybridized carbons (Fsp3) is 0.600. The number of ether oxygens (including phenoxy) is 3. The van der Waals surface area contributed by atoms with Crippen molar-refractivity contribution in [1.29, 1.82) is 0 Å². The number of hydrogen-bond acceptors (Lipinski definition) is 12. The number of hydrogen-bond donors (Lipinski definition) is 3. The summed E-state index contributed by atoms with van der Waals surface area (Å²) >= 11 is 0. The minimum atomic E-state index is -1.03. The van der Waals surface area contributed by atoms with Gasteiger partial charge >= 0.3 is 35.0 Å². The van der Waals surface area contributed by atoms with E-state index < -0.39 is 74.4 Å². The summed E-state index contributed by atoms with van der Waals surface area (Å²) in [6.45, 7) is 34.0. The number of nitrogens with zero attached hydrogens (tertiary/aromatic N) is 3. The third-order valence-electron chi connectivity index (χ3n) is 13.5. The number of aromatic nitrogens is 3. The summed E-state index contributed by atoms with van der Waals surface area (Å²) in [5.74, 6) is -1.62. The van der Waals surface area contributed by atoms with Gasteiger partial charge in [-0.15, -0.1) is 0 Å². The summed E-state index contributed by atoms with van der Waals surface area (Å²) in [4.78, 5) is 81.3. The molecule has 1 heterocycles. The first-order chi connectivity index (χ1) is 34.2. The van der Waals surface area contributed by atoms with Gasteiger partial charge in [-0.2, -0.15) is 0 Å². The van der Waals surface area contributed by atoms with E-state index in [1.54, 1.807) is 0 Å². The van der Waals surface area contributed by atoms with Crippen LogP contribution >= 0.6 is 0 Å². The molecule has 75 heavy (non-hydrogen) atoms. The summed E-state index contributed by atoms with van der Waals surface area (Å²) in [6.07, 6.45) is 0.156. The van der Waals surface area contributed by atoms with E-state index >= 15 is 0 Å². The van der Waals surface area contributed by atoms with Crippen LogP contribution in [-0.4, -0.2) is 66.7 Å². The zero-order valence-corrected chi connectivity index (χ0v) is 48.3. The fourth-order valence-corrected chi connectivity index (χ4v) is 8.61. The second-order valence-corrected chi connectivity index (χ2v) is 26.1. The number of phenolic OH excluding ortho intramolecular Hbond substituents is 3. The molecular formula is C60H87N3O12. The quantitative estimate of drug-likeness (QED) is 0.0629. The number of carbonyl (C=O) groups excluding carboxylic acids is 3. The topological polar surface area (TPSA) is 206 Å². The number of benzene rings is 3. The van der Waals surface area contributed by atoms with E-state index in [0.717, 1.165) is 47.1 Å². The number of carbonyl (C=O) groups is 3. The lowest BCUT2D eigenvalue weighted by Gasteiger charge is -2.27. The number of rotatable bonds is 18. The van der Waals surface area contributed by atoms with Crippen molar-refractivity contribution in [2.45, 2.75) is 215 Å². The van der Waals surface area contributed by atoms with Crippen molar-refractivity contribution in [1.82, 2.24) is 13.7 Å². The molecule has 1 aromatic heterocycles. The van der Waals surface area contributed by atoms with Crippen molar-refractivity contribution < 1.29 is 43.9 Å². The number of aryl methyl sites for hydroxylation is 3. The van der Waals surface area contributed by atoms with Crippen molar-refractivity contribution in [3.8, 4) is 17.2 Å². The zero-order chi connectivity index (χ0) is 57.0. The van der Waals surface area contributed by atoms with Crippen molar-refractivity contribution in [3.05, 3.63) is 118 Å². The molecule has 0 amide bonds. The molecule has 15 nitrogen and oxygen atoms in total. The van der Waals surface area contributed by atoms with Gasteiger partial charge in [0.05, 0.1) is 19.6 Å². The second kappa shape index (κ2) is 23.4. The van der Waals surface area contributed by atoms with Crippen LogP contribution in [0.5, 0.6) is 17.2 Å². The Morgan fingerprint density at radius 2 is 0.587 bits per heavy atom. The molecular weight excluding hydrogens is 955 g/mol. The number of esters is 3. The molecule has 0 fully saturated rings. The van der Waals surface area contributed by atoms with Crippen LogP contribution in [0.4, 0.5) is 0 Å². The zero-order valence-electron chi connectivity index (χ0n) is 48.3. The number of phenols is 3. The van der Waals surface area contributed by atoms with E-state index in [1.807, 2.05) is 98.7 Å². The average Bonchev–Trinajstić information content (AvgIpc) is 3.26. The van der Waals surface area contributed by atoms with Crippen molar-refractivity contribution in [3.63, 3.8) is 0 Å². The van der Waals surface area contributed by atoms with Gasteiger partial charge < -0.3 is 29.5 Å². The van der Waals surface area contributed by atoms with Gasteiger partial charge in [0.2, 0.25) is 0 Å². The van der Waals surface area contributed by atoms with E-state index in [4.69, 9.17) is 14.2 Å². The van der Waals surface area contributed by atoms with E-state index in [0.29, 0.717) is 16.7 Å². The Morgan fingerprint density at radius 3 is 0.773 bits per heavy atom. The maximum atomic E-state index is 13.9. The molecule has 0 saturated carbocycles. The lowest BCUT2D eigenvalue weighted by Crippen LogP contribution is -2.55. The molecule has 3 aromatic carbocycles. The molecule has 0 unspecified atom stereocenters. The van der Waals surface area contributed by atoms with E-state index in [-0.39, 0.29) is 88.3 Å². The molecule has 0 aliphatic carbocycles. The largest absolute Gasteiger partial charge is 0.507 e. The Labute approximate surface area is 444 Å². The molecule has 0 spiro atoms. The average molecular weight is 1040 g/mol. The van der Waals surface area contributed by atoms with Crippen molar-refractivity contribution >= 4 is 17.9 Å². The normalized spacial score (nSPS) is 12.7. The first-order valence-corrected chi connectivity index (χ1v) is 26.2. The van der Waals surface area contributed by atoms with Crippen LogP contribution < -0.4 is 17.1 Å². The molecule has 414 valence electrons. The van der Waals surface area contributed by atoms with Gasteiger partial charge in [-0.1, -0.05) is 161 Å². The van der Waals surface area contributed by atoms with Gasteiger partial charge in [0, 0.05) is 19.3 Å². The third kappa shape index (κ3) is 16.2. The van der Waals surface area contributed by atoms with Gasteiger partial charge in [-0.3, -0.25) is 14.4 Å². The van der Waals surface area contributed by atoms with Gasteiger partial charge in [0.1, 0.15) is 37.1 Å². The summed E-state index contributed by atoms with van der Waals surface area (Å²) < 4.78 is 18.7. The smallest absolute Gasteiger partial charge is 0.336 e. The Morgan fingerprint density at radius 1 is 0.373 bits per heavy atom. The van der Waals surface area contributed by atoms with Crippen molar-refractivity contribution in [2.75, 3.05) is 19.8 Å². The number of aromatic hydroxyl groups is 3. The molecule has 0 bridgehead atoms. The Hall–Kier alpha value is -6.12. The molecule has 0 radical (unpaired) electrons. The van der Waals surface area contributed by atoms with E-state index in [1.165, 1.54) is 0 Å². The van der Waals surface area contributed by atoms with Crippen LogP contribution in [0, 0.1) is 0 Å². The maximum Gasteiger partial charge on any atom is 0.336 e. The molecule has 0 atom stereocenters. The van der Waals surface area contributed by atoms with Crippen LogP contribution in [0.25, 0.3) is 0 Å². The predicted octanol–water partition coefficient (Wildman–Crippen LogP) is 9.60. The first kappa shape index (κ1) is 61.4. The SMILES string of the molecule is CC(C)(C)c1cc(CCC(=O)OCCn2c(=O)n(CCOC(=O)CCc3cc(C(C)(C)C)cc(C(C)(C)C)c3O)c(=O)n(CCOC(=O)CCc3cc(C(C)(C)C)cc(C(C)(C)C)c3O)c2=O)c(O)c(C(C)(C)C)c1. The Balaban J connectivity index is 1.55. The van der Waals surface area contributed by atoms with Gasteiger partial charge in [0.15, 0.2) is 0 Å². The standard InChI is InChI=1S/C60H87N3O12/c1-55(2,3)40-31-37(49(67)43(34-40)58(10,11)12)19-22-46(64)73-28-25-61-52(70)62(26-29-74-47(65)23-20-38-32-41(56(4,5)6)35-44(50(38)68)59(13,14)15)54(72)63(53(61)71)27-30-75-48(66)24-21-39-33-42(57(7,8)9)36-45(51(39)69)60(16,17)18/h31-36,67-69H,19-30H2,1-18H3. The van der Waals surface area contributed by atoms with Crippen LogP contribution in [-0.2, 0) is 100.0 Å². The van der Waals surface area contributed by atoms with Crippen LogP contribution in [0.1, 0.15) is 194 Å². The molecule has 0 saturated heterocycles.